The second kappa shape index (κ2) is 5.31. The van der Waals surface area contributed by atoms with Crippen LogP contribution in [0.5, 0.6) is 0 Å². The summed E-state index contributed by atoms with van der Waals surface area (Å²) < 4.78 is 0.0829. The number of anilines is 2. The Labute approximate surface area is 106 Å². The van der Waals surface area contributed by atoms with E-state index >= 15 is 0 Å². The van der Waals surface area contributed by atoms with Gasteiger partial charge in [0.15, 0.2) is 0 Å². The summed E-state index contributed by atoms with van der Waals surface area (Å²) in [5.41, 5.74) is 12.8. The van der Waals surface area contributed by atoms with Gasteiger partial charge in [-0.1, -0.05) is 0 Å². The Bertz CT molecular complexity index is 418. The second-order valence-electron chi connectivity index (χ2n) is 4.49. The average molecular weight is 253 g/mol. The molecule has 1 aromatic carbocycles. The van der Waals surface area contributed by atoms with Gasteiger partial charge in [-0.05, 0) is 38.3 Å². The first kappa shape index (κ1) is 13.7. The molecule has 1 aromatic rings. The molecule has 94 valence electrons. The molecular weight excluding hydrogens is 234 g/mol. The first-order valence-corrected chi connectivity index (χ1v) is 6.56. The molecule has 0 spiro atoms. The van der Waals surface area contributed by atoms with Crippen molar-refractivity contribution in [3.05, 3.63) is 23.8 Å². The third-order valence-electron chi connectivity index (χ3n) is 2.57. The van der Waals surface area contributed by atoms with E-state index in [1.165, 1.54) is 0 Å². The van der Waals surface area contributed by atoms with Gasteiger partial charge >= 0.3 is 0 Å². The monoisotopic (exact) mass is 253 g/mol. The zero-order valence-electron chi connectivity index (χ0n) is 10.4. The Hall–Kier alpha value is -1.36. The van der Waals surface area contributed by atoms with E-state index in [2.05, 4.69) is 25.4 Å². The van der Waals surface area contributed by atoms with Gasteiger partial charge in [-0.2, -0.15) is 11.8 Å². The van der Waals surface area contributed by atoms with Gasteiger partial charge < -0.3 is 16.8 Å². The van der Waals surface area contributed by atoms with E-state index in [9.17, 15) is 4.79 Å². The molecular formula is C12H19N3OS. The number of amides is 1. The fourth-order valence-electron chi connectivity index (χ4n) is 1.30. The predicted molar refractivity (Wildman–Crippen MR) is 75.5 cm³/mol. The van der Waals surface area contributed by atoms with Crippen LogP contribution >= 0.6 is 11.8 Å². The Morgan fingerprint density at radius 1 is 1.47 bits per heavy atom. The number of hydrogen-bond acceptors (Lipinski definition) is 4. The van der Waals surface area contributed by atoms with E-state index in [0.717, 1.165) is 6.54 Å². The summed E-state index contributed by atoms with van der Waals surface area (Å²) in [6.07, 6.45) is 2.05. The number of thioether (sulfide) groups is 1. The molecule has 0 bridgehead atoms. The lowest BCUT2D eigenvalue weighted by atomic mass is 10.1. The molecule has 0 aromatic heterocycles. The second-order valence-corrected chi connectivity index (χ2v) is 6.00. The van der Waals surface area contributed by atoms with Crippen LogP contribution in [0.4, 0.5) is 11.4 Å². The molecule has 0 saturated carbocycles. The normalized spacial score (nSPS) is 11.2. The van der Waals surface area contributed by atoms with Gasteiger partial charge in [0.2, 0.25) is 0 Å². The fraction of sp³-hybridized carbons (Fsp3) is 0.417. The molecule has 0 fully saturated rings. The molecule has 0 atom stereocenters. The molecule has 4 nitrogen and oxygen atoms in total. The van der Waals surface area contributed by atoms with Crippen LogP contribution in [0.3, 0.4) is 0 Å². The van der Waals surface area contributed by atoms with Crippen molar-refractivity contribution < 1.29 is 4.79 Å². The molecule has 5 heteroatoms. The highest BCUT2D eigenvalue weighted by Crippen LogP contribution is 2.24. The van der Waals surface area contributed by atoms with Crippen LogP contribution in [0.2, 0.25) is 0 Å². The van der Waals surface area contributed by atoms with E-state index in [1.54, 1.807) is 30.0 Å². The van der Waals surface area contributed by atoms with Crippen LogP contribution in [0, 0.1) is 0 Å². The van der Waals surface area contributed by atoms with Crippen molar-refractivity contribution >= 4 is 29.0 Å². The summed E-state index contributed by atoms with van der Waals surface area (Å²) in [5, 5.41) is 3.22. The van der Waals surface area contributed by atoms with Crippen molar-refractivity contribution in [3.8, 4) is 0 Å². The van der Waals surface area contributed by atoms with Gasteiger partial charge in [-0.15, -0.1) is 0 Å². The molecule has 5 N–H and O–H groups in total. The fourth-order valence-corrected chi connectivity index (χ4v) is 1.52. The molecule has 0 aliphatic rings. The molecule has 1 amide bonds. The molecule has 0 aliphatic heterocycles. The first-order chi connectivity index (χ1) is 7.85. The summed E-state index contributed by atoms with van der Waals surface area (Å²) in [6.45, 7) is 4.99. The smallest absolute Gasteiger partial charge is 0.250 e. The summed E-state index contributed by atoms with van der Waals surface area (Å²) in [5.74, 6) is -0.450. The molecule has 0 radical (unpaired) electrons. The molecule has 0 heterocycles. The maximum absolute atomic E-state index is 11.3. The quantitative estimate of drug-likeness (QED) is 0.700. The standard InChI is InChI=1S/C12H19N3OS/c1-12(2,17-3)7-15-10-6-8(13)4-5-9(10)11(14)16/h4-6,15H,7,13H2,1-3H3,(H2,14,16). The zero-order chi connectivity index (χ0) is 13.1. The Morgan fingerprint density at radius 2 is 2.12 bits per heavy atom. The minimum Gasteiger partial charge on any atom is -0.399 e. The van der Waals surface area contributed by atoms with Crippen molar-refractivity contribution in [2.24, 2.45) is 5.73 Å². The van der Waals surface area contributed by atoms with Gasteiger partial charge in [0.25, 0.3) is 5.91 Å². The van der Waals surface area contributed by atoms with Crippen LogP contribution in [0.15, 0.2) is 18.2 Å². The van der Waals surface area contributed by atoms with Gasteiger partial charge in [-0.25, -0.2) is 0 Å². The summed E-state index contributed by atoms with van der Waals surface area (Å²) >= 11 is 1.75. The topological polar surface area (TPSA) is 81.1 Å². The van der Waals surface area contributed by atoms with Gasteiger partial charge in [-0.3, -0.25) is 4.79 Å². The number of primary amides is 1. The van der Waals surface area contributed by atoms with Crippen molar-refractivity contribution in [2.45, 2.75) is 18.6 Å². The first-order valence-electron chi connectivity index (χ1n) is 5.34. The Balaban J connectivity index is 2.89. The third kappa shape index (κ3) is 3.85. The highest BCUT2D eigenvalue weighted by atomic mass is 32.2. The highest BCUT2D eigenvalue weighted by Gasteiger charge is 2.17. The van der Waals surface area contributed by atoms with E-state index in [4.69, 9.17) is 11.5 Å². The maximum Gasteiger partial charge on any atom is 0.250 e. The summed E-state index contributed by atoms with van der Waals surface area (Å²) in [4.78, 5) is 11.3. The van der Waals surface area contributed by atoms with Crippen molar-refractivity contribution in [1.82, 2.24) is 0 Å². The van der Waals surface area contributed by atoms with Crippen LogP contribution in [-0.4, -0.2) is 23.5 Å². The van der Waals surface area contributed by atoms with E-state index < -0.39 is 5.91 Å². The van der Waals surface area contributed by atoms with Crippen molar-refractivity contribution in [2.75, 3.05) is 23.9 Å². The van der Waals surface area contributed by atoms with Crippen LogP contribution in [0.25, 0.3) is 0 Å². The number of hydrogen-bond donors (Lipinski definition) is 3. The molecule has 1 rings (SSSR count). The molecule has 0 saturated heterocycles. The average Bonchev–Trinajstić information content (AvgIpc) is 2.26. The van der Waals surface area contributed by atoms with Gasteiger partial charge in [0.05, 0.1) is 5.56 Å². The zero-order valence-corrected chi connectivity index (χ0v) is 11.2. The lowest BCUT2D eigenvalue weighted by Gasteiger charge is -2.23. The minimum atomic E-state index is -0.450. The number of benzene rings is 1. The molecule has 0 unspecified atom stereocenters. The highest BCUT2D eigenvalue weighted by molar-refractivity contribution is 7.99. The van der Waals surface area contributed by atoms with Crippen molar-refractivity contribution in [3.63, 3.8) is 0 Å². The lowest BCUT2D eigenvalue weighted by Crippen LogP contribution is -2.27. The van der Waals surface area contributed by atoms with Crippen molar-refractivity contribution in [1.29, 1.82) is 0 Å². The van der Waals surface area contributed by atoms with Crippen LogP contribution < -0.4 is 16.8 Å². The van der Waals surface area contributed by atoms with Gasteiger partial charge in [0, 0.05) is 22.7 Å². The maximum atomic E-state index is 11.3. The third-order valence-corrected chi connectivity index (χ3v) is 3.82. The number of nitrogen functional groups attached to an aromatic ring is 1. The Morgan fingerprint density at radius 3 is 2.65 bits per heavy atom. The number of rotatable bonds is 5. The predicted octanol–water partition coefficient (Wildman–Crippen LogP) is 1.92. The largest absolute Gasteiger partial charge is 0.399 e. The number of carbonyl (C=O) groups is 1. The number of nitrogens with one attached hydrogen (secondary N) is 1. The Kier molecular flexibility index (Phi) is 4.28. The summed E-state index contributed by atoms with van der Waals surface area (Å²) in [6, 6.07) is 5.05. The summed E-state index contributed by atoms with van der Waals surface area (Å²) in [7, 11) is 0. The van der Waals surface area contributed by atoms with Crippen LogP contribution in [0.1, 0.15) is 24.2 Å². The minimum absolute atomic E-state index is 0.0829. The van der Waals surface area contributed by atoms with Crippen LogP contribution in [-0.2, 0) is 0 Å². The van der Waals surface area contributed by atoms with E-state index in [1.807, 2.05) is 0 Å². The number of carbonyl (C=O) groups excluding carboxylic acids is 1. The SMILES string of the molecule is CSC(C)(C)CNc1cc(N)ccc1C(N)=O. The van der Waals surface area contributed by atoms with E-state index in [0.29, 0.717) is 16.9 Å². The van der Waals surface area contributed by atoms with E-state index in [-0.39, 0.29) is 4.75 Å². The number of nitrogens with two attached hydrogens (primary N) is 2. The molecule has 17 heavy (non-hydrogen) atoms. The van der Waals surface area contributed by atoms with Gasteiger partial charge in [0.1, 0.15) is 0 Å². The molecule has 0 aliphatic carbocycles. The lowest BCUT2D eigenvalue weighted by molar-refractivity contribution is 0.100.